The second kappa shape index (κ2) is 5.53. The van der Waals surface area contributed by atoms with Gasteiger partial charge in [0.05, 0.1) is 18.3 Å². The Kier molecular flexibility index (Phi) is 4.18. The molecule has 0 radical (unpaired) electrons. The Morgan fingerprint density at radius 2 is 1.95 bits per heavy atom. The summed E-state index contributed by atoms with van der Waals surface area (Å²) < 4.78 is 26.5. The molecule has 0 unspecified atom stereocenters. The van der Waals surface area contributed by atoms with Gasteiger partial charge in [-0.15, -0.1) is 5.10 Å². The molecule has 0 spiro atoms. The zero-order valence-corrected chi connectivity index (χ0v) is 11.8. The minimum absolute atomic E-state index is 0.00533. The molecule has 2 rings (SSSR count). The smallest absolute Gasteiger partial charge is 0.251 e. The van der Waals surface area contributed by atoms with E-state index in [1.807, 2.05) is 15.8 Å². The van der Waals surface area contributed by atoms with Crippen molar-refractivity contribution in [3.63, 3.8) is 0 Å². The van der Waals surface area contributed by atoms with E-state index in [0.29, 0.717) is 13.1 Å². The predicted octanol–water partition coefficient (Wildman–Crippen LogP) is 2.48. The topological polar surface area (TPSA) is 34.0 Å². The second-order valence-corrected chi connectivity index (χ2v) is 6.26. The van der Waals surface area contributed by atoms with E-state index in [-0.39, 0.29) is 18.0 Å². The highest BCUT2D eigenvalue weighted by Gasteiger charge is 2.25. The van der Waals surface area contributed by atoms with Gasteiger partial charge in [0.1, 0.15) is 0 Å². The van der Waals surface area contributed by atoms with Crippen LogP contribution >= 0.6 is 0 Å². The first-order valence-electron chi connectivity index (χ1n) is 6.79. The first kappa shape index (κ1) is 14.4. The van der Waals surface area contributed by atoms with Crippen LogP contribution in [-0.2, 0) is 5.41 Å². The number of nitrogens with zero attached hydrogens (tertiary/aromatic N) is 4. The third-order valence-corrected chi connectivity index (χ3v) is 3.61. The van der Waals surface area contributed by atoms with E-state index >= 15 is 0 Å². The van der Waals surface area contributed by atoms with Crippen molar-refractivity contribution < 1.29 is 8.78 Å². The van der Waals surface area contributed by atoms with Gasteiger partial charge in [0, 0.05) is 24.7 Å². The molecule has 1 aromatic rings. The highest BCUT2D eigenvalue weighted by molar-refractivity contribution is 5.06. The number of likely N-dealkylation sites (tertiary alicyclic amines) is 1. The Morgan fingerprint density at radius 3 is 2.42 bits per heavy atom. The van der Waals surface area contributed by atoms with E-state index in [4.69, 9.17) is 0 Å². The molecule has 2 heterocycles. The van der Waals surface area contributed by atoms with Crippen LogP contribution in [0.15, 0.2) is 6.20 Å². The highest BCUT2D eigenvalue weighted by Crippen LogP contribution is 2.25. The van der Waals surface area contributed by atoms with Crippen LogP contribution in [0.25, 0.3) is 0 Å². The maximum Gasteiger partial charge on any atom is 0.251 e. The molecule has 1 aliphatic rings. The van der Waals surface area contributed by atoms with Gasteiger partial charge in [-0.25, -0.2) is 13.5 Å². The fraction of sp³-hybridized carbons (Fsp3) is 0.846. The number of piperidine rings is 1. The van der Waals surface area contributed by atoms with E-state index in [1.165, 1.54) is 0 Å². The van der Waals surface area contributed by atoms with Crippen LogP contribution in [0, 0.1) is 0 Å². The lowest BCUT2D eigenvalue weighted by Crippen LogP contribution is -2.37. The molecule has 0 aliphatic carbocycles. The van der Waals surface area contributed by atoms with Crippen LogP contribution < -0.4 is 0 Å². The van der Waals surface area contributed by atoms with Gasteiger partial charge in [-0.1, -0.05) is 26.0 Å². The Balaban J connectivity index is 1.93. The molecule has 0 N–H and O–H groups in total. The Bertz CT molecular complexity index is 403. The van der Waals surface area contributed by atoms with Crippen molar-refractivity contribution in [1.29, 1.82) is 0 Å². The van der Waals surface area contributed by atoms with Crippen LogP contribution in [0.5, 0.6) is 0 Å². The standard InChI is InChI=1S/C13H22F2N4/c1-13(2,3)11-8-19(17-16-11)10-4-6-18(7-5-10)9-12(14)15/h8,10,12H,4-7,9H2,1-3H3. The molecular weight excluding hydrogens is 250 g/mol. The van der Waals surface area contributed by atoms with Crippen molar-refractivity contribution in [3.05, 3.63) is 11.9 Å². The fourth-order valence-electron chi connectivity index (χ4n) is 2.36. The van der Waals surface area contributed by atoms with Gasteiger partial charge in [0.2, 0.25) is 0 Å². The second-order valence-electron chi connectivity index (χ2n) is 6.26. The number of halogens is 2. The molecule has 4 nitrogen and oxygen atoms in total. The van der Waals surface area contributed by atoms with Crippen LogP contribution in [0.2, 0.25) is 0 Å². The third kappa shape index (κ3) is 3.72. The summed E-state index contributed by atoms with van der Waals surface area (Å²) in [6.45, 7) is 7.61. The molecule has 1 saturated heterocycles. The largest absolute Gasteiger partial charge is 0.298 e. The van der Waals surface area contributed by atoms with Crippen LogP contribution in [0.4, 0.5) is 8.78 Å². The molecule has 6 heteroatoms. The van der Waals surface area contributed by atoms with Crippen molar-refractivity contribution in [1.82, 2.24) is 19.9 Å². The summed E-state index contributed by atoms with van der Waals surface area (Å²) in [6.07, 6.45) is 1.47. The molecular formula is C13H22F2N4. The maximum atomic E-state index is 12.3. The zero-order valence-electron chi connectivity index (χ0n) is 11.8. The number of rotatable bonds is 3. The lowest BCUT2D eigenvalue weighted by Gasteiger charge is -2.31. The van der Waals surface area contributed by atoms with Gasteiger partial charge >= 0.3 is 0 Å². The van der Waals surface area contributed by atoms with Crippen LogP contribution in [-0.4, -0.2) is 46.0 Å². The molecule has 0 saturated carbocycles. The highest BCUT2D eigenvalue weighted by atomic mass is 19.3. The van der Waals surface area contributed by atoms with Gasteiger partial charge in [0.15, 0.2) is 0 Å². The lowest BCUT2D eigenvalue weighted by atomic mass is 9.93. The minimum atomic E-state index is -2.24. The molecule has 0 amide bonds. The van der Waals surface area contributed by atoms with Crippen molar-refractivity contribution in [2.45, 2.75) is 51.5 Å². The number of aromatic nitrogens is 3. The van der Waals surface area contributed by atoms with Crippen LogP contribution in [0.1, 0.15) is 45.3 Å². The fourth-order valence-corrected chi connectivity index (χ4v) is 2.36. The average molecular weight is 272 g/mol. The summed E-state index contributed by atoms with van der Waals surface area (Å²) in [5.41, 5.74) is 0.969. The summed E-state index contributed by atoms with van der Waals surface area (Å²) in [5.74, 6) is 0. The lowest BCUT2D eigenvalue weighted by molar-refractivity contribution is 0.0688. The van der Waals surface area contributed by atoms with E-state index in [9.17, 15) is 8.78 Å². The third-order valence-electron chi connectivity index (χ3n) is 3.61. The Hall–Kier alpha value is -1.04. The normalized spacial score (nSPS) is 19.3. The number of hydrogen-bond donors (Lipinski definition) is 0. The summed E-state index contributed by atoms with van der Waals surface area (Å²) in [6, 6.07) is 0.289. The molecule has 108 valence electrons. The van der Waals surface area contributed by atoms with E-state index < -0.39 is 6.43 Å². The van der Waals surface area contributed by atoms with Gasteiger partial charge in [0.25, 0.3) is 6.43 Å². The summed E-state index contributed by atoms with van der Waals surface area (Å²) in [7, 11) is 0. The van der Waals surface area contributed by atoms with Gasteiger partial charge < -0.3 is 0 Å². The first-order valence-corrected chi connectivity index (χ1v) is 6.79. The molecule has 19 heavy (non-hydrogen) atoms. The molecule has 0 aromatic carbocycles. The summed E-state index contributed by atoms with van der Waals surface area (Å²) in [4.78, 5) is 1.82. The van der Waals surface area contributed by atoms with Gasteiger partial charge in [-0.3, -0.25) is 4.90 Å². The monoisotopic (exact) mass is 272 g/mol. The average Bonchev–Trinajstić information content (AvgIpc) is 2.78. The summed E-state index contributed by atoms with van der Waals surface area (Å²) >= 11 is 0. The molecule has 0 bridgehead atoms. The van der Waals surface area contributed by atoms with Crippen molar-refractivity contribution in [2.75, 3.05) is 19.6 Å². The molecule has 1 aliphatic heterocycles. The maximum absolute atomic E-state index is 12.3. The first-order chi connectivity index (χ1) is 8.86. The van der Waals surface area contributed by atoms with Gasteiger partial charge in [-0.05, 0) is 12.8 Å². The minimum Gasteiger partial charge on any atom is -0.298 e. The van der Waals surface area contributed by atoms with Crippen molar-refractivity contribution >= 4 is 0 Å². The number of alkyl halides is 2. The Morgan fingerprint density at radius 1 is 1.32 bits per heavy atom. The summed E-state index contributed by atoms with van der Waals surface area (Å²) in [5, 5.41) is 8.40. The quantitative estimate of drug-likeness (QED) is 0.847. The number of hydrogen-bond acceptors (Lipinski definition) is 3. The molecule has 1 fully saturated rings. The SMILES string of the molecule is CC(C)(C)c1cn(C2CCN(CC(F)F)CC2)nn1. The van der Waals surface area contributed by atoms with Gasteiger partial charge in [-0.2, -0.15) is 0 Å². The molecule has 0 atom stereocenters. The van der Waals surface area contributed by atoms with E-state index in [1.54, 1.807) is 0 Å². The predicted molar refractivity (Wildman–Crippen MR) is 69.4 cm³/mol. The van der Waals surface area contributed by atoms with Crippen molar-refractivity contribution in [3.8, 4) is 0 Å². The molecule has 1 aromatic heterocycles. The van der Waals surface area contributed by atoms with Crippen molar-refractivity contribution in [2.24, 2.45) is 0 Å². The zero-order chi connectivity index (χ0) is 14.0. The van der Waals surface area contributed by atoms with E-state index in [2.05, 4.69) is 31.1 Å². The van der Waals surface area contributed by atoms with E-state index in [0.717, 1.165) is 18.5 Å². The Labute approximate surface area is 112 Å². The van der Waals surface area contributed by atoms with Crippen LogP contribution in [0.3, 0.4) is 0 Å².